The van der Waals surface area contributed by atoms with E-state index in [1.165, 1.54) is 21.8 Å². The van der Waals surface area contributed by atoms with E-state index in [0.29, 0.717) is 6.42 Å². The summed E-state index contributed by atoms with van der Waals surface area (Å²) in [5.74, 6) is 0. The van der Waals surface area contributed by atoms with Crippen LogP contribution in [0.15, 0.2) is 48.7 Å². The Balaban J connectivity index is 2.25. The summed E-state index contributed by atoms with van der Waals surface area (Å²) < 4.78 is 2.38. The molecule has 0 saturated heterocycles. The predicted octanol–water partition coefficient (Wildman–Crippen LogP) is 3.16. The number of rotatable bonds is 5. The van der Waals surface area contributed by atoms with Crippen LogP contribution < -0.4 is 5.32 Å². The summed E-state index contributed by atoms with van der Waals surface area (Å²) in [6, 6.07) is 14.7. The smallest absolute Gasteiger partial charge is 0.140 e. The molecule has 0 spiro atoms. The Labute approximate surface area is 138 Å². The van der Waals surface area contributed by atoms with Gasteiger partial charge < -0.3 is 9.67 Å². The minimum atomic E-state index is -1.58. The summed E-state index contributed by atoms with van der Waals surface area (Å²) in [6.45, 7) is 8.10. The normalized spacial score (nSPS) is 12.0. The molecule has 0 unspecified atom stereocenters. The third-order valence-electron chi connectivity index (χ3n) is 4.18. The summed E-state index contributed by atoms with van der Waals surface area (Å²) in [4.78, 5) is 4.66. The van der Waals surface area contributed by atoms with Crippen LogP contribution in [-0.4, -0.2) is 29.3 Å². The van der Waals surface area contributed by atoms with Gasteiger partial charge in [-0.1, -0.05) is 50.0 Å². The Hall–Kier alpha value is -1.91. The van der Waals surface area contributed by atoms with Gasteiger partial charge in [0.25, 0.3) is 0 Å². The van der Waals surface area contributed by atoms with Crippen molar-refractivity contribution >= 4 is 24.4 Å². The van der Waals surface area contributed by atoms with Crippen LogP contribution in [0.1, 0.15) is 11.1 Å². The lowest BCUT2D eigenvalue weighted by molar-refractivity contribution is 0.300. The molecule has 0 amide bonds. The van der Waals surface area contributed by atoms with Gasteiger partial charge in [0.05, 0.1) is 8.07 Å². The number of benzene rings is 1. The molecule has 0 radical (unpaired) electrons. The summed E-state index contributed by atoms with van der Waals surface area (Å²) in [7, 11) is -1.58. The van der Waals surface area contributed by atoms with Gasteiger partial charge in [0.1, 0.15) is 5.65 Å². The van der Waals surface area contributed by atoms with Crippen LogP contribution in [-0.2, 0) is 13.0 Å². The molecule has 1 N–H and O–H groups in total. The highest BCUT2D eigenvalue weighted by molar-refractivity contribution is 6.88. The molecular formula is C19H24N2OSi. The van der Waals surface area contributed by atoms with E-state index in [9.17, 15) is 5.11 Å². The lowest BCUT2D eigenvalue weighted by Gasteiger charge is -2.22. The van der Waals surface area contributed by atoms with Gasteiger partial charge >= 0.3 is 0 Å². The van der Waals surface area contributed by atoms with E-state index in [2.05, 4.69) is 59.5 Å². The number of aromatic nitrogens is 2. The largest absolute Gasteiger partial charge is 0.396 e. The van der Waals surface area contributed by atoms with Crippen LogP contribution in [0.4, 0.5) is 0 Å². The van der Waals surface area contributed by atoms with Crippen molar-refractivity contribution in [1.29, 1.82) is 0 Å². The van der Waals surface area contributed by atoms with Crippen molar-refractivity contribution in [2.75, 3.05) is 6.61 Å². The molecule has 0 atom stereocenters. The Bertz CT molecular complexity index is 803. The molecule has 2 aromatic heterocycles. The Kier molecular flexibility index (Phi) is 4.37. The van der Waals surface area contributed by atoms with Crippen molar-refractivity contribution in [1.82, 2.24) is 9.55 Å². The number of hydrogen-bond donors (Lipinski definition) is 1. The van der Waals surface area contributed by atoms with E-state index < -0.39 is 8.07 Å². The Morgan fingerprint density at radius 2 is 1.78 bits per heavy atom. The Morgan fingerprint density at radius 3 is 2.43 bits per heavy atom. The zero-order valence-electron chi connectivity index (χ0n) is 14.1. The lowest BCUT2D eigenvalue weighted by atomic mass is 10.2. The molecule has 4 heteroatoms. The van der Waals surface area contributed by atoms with Crippen LogP contribution in [0.2, 0.25) is 19.6 Å². The second-order valence-corrected chi connectivity index (χ2v) is 12.0. The topological polar surface area (TPSA) is 38.1 Å². The van der Waals surface area contributed by atoms with Gasteiger partial charge in [0.15, 0.2) is 0 Å². The molecule has 23 heavy (non-hydrogen) atoms. The van der Waals surface area contributed by atoms with Crippen molar-refractivity contribution in [3.8, 4) is 0 Å². The molecule has 3 aromatic rings. The van der Waals surface area contributed by atoms with Gasteiger partial charge in [-0.2, -0.15) is 0 Å². The maximum absolute atomic E-state index is 9.55. The standard InChI is InChI=1S/C19H24N2OSi/c1-23(2,3)19-17(11-13-22)16-10-7-12-20-18(16)21(19)14-15-8-5-4-6-9-15/h4-10,12,22H,11,13-14H2,1-3H3. The van der Waals surface area contributed by atoms with Gasteiger partial charge in [-0.05, 0) is 29.7 Å². The quantitative estimate of drug-likeness (QED) is 0.732. The van der Waals surface area contributed by atoms with Gasteiger partial charge in [-0.3, -0.25) is 0 Å². The first-order valence-electron chi connectivity index (χ1n) is 8.13. The zero-order valence-corrected chi connectivity index (χ0v) is 15.1. The molecule has 0 aliphatic rings. The molecule has 0 bridgehead atoms. The van der Waals surface area contributed by atoms with Gasteiger partial charge in [-0.25, -0.2) is 4.98 Å². The van der Waals surface area contributed by atoms with Gasteiger partial charge in [-0.15, -0.1) is 0 Å². The zero-order chi connectivity index (χ0) is 16.4. The molecule has 120 valence electrons. The first-order valence-corrected chi connectivity index (χ1v) is 11.6. The van der Waals surface area contributed by atoms with Crippen LogP contribution in [0, 0.1) is 0 Å². The molecule has 0 saturated carbocycles. The van der Waals surface area contributed by atoms with Crippen LogP contribution >= 0.6 is 0 Å². The van der Waals surface area contributed by atoms with E-state index >= 15 is 0 Å². The fraction of sp³-hybridized carbons (Fsp3) is 0.316. The molecule has 2 heterocycles. The molecular weight excluding hydrogens is 300 g/mol. The number of pyridine rings is 1. The third kappa shape index (κ3) is 3.09. The van der Waals surface area contributed by atoms with Crippen molar-refractivity contribution < 1.29 is 5.11 Å². The van der Waals surface area contributed by atoms with Crippen LogP contribution in [0.5, 0.6) is 0 Å². The summed E-state index contributed by atoms with van der Waals surface area (Å²) in [5, 5.41) is 12.2. The summed E-state index contributed by atoms with van der Waals surface area (Å²) in [6.07, 6.45) is 2.56. The van der Waals surface area contributed by atoms with Gasteiger partial charge in [0, 0.05) is 30.1 Å². The van der Waals surface area contributed by atoms with Crippen LogP contribution in [0.25, 0.3) is 11.0 Å². The highest BCUT2D eigenvalue weighted by Crippen LogP contribution is 2.23. The molecule has 0 aliphatic heterocycles. The van der Waals surface area contributed by atoms with Crippen molar-refractivity contribution in [2.24, 2.45) is 0 Å². The van der Waals surface area contributed by atoms with E-state index in [4.69, 9.17) is 0 Å². The van der Waals surface area contributed by atoms with Crippen molar-refractivity contribution in [2.45, 2.75) is 32.6 Å². The predicted molar refractivity (Wildman–Crippen MR) is 99.0 cm³/mol. The monoisotopic (exact) mass is 324 g/mol. The first-order chi connectivity index (χ1) is 11.0. The van der Waals surface area contributed by atoms with E-state index in [0.717, 1.165) is 12.2 Å². The maximum Gasteiger partial charge on any atom is 0.140 e. The minimum absolute atomic E-state index is 0.177. The SMILES string of the molecule is C[Si](C)(C)c1c(CCO)c2cccnc2n1Cc1ccccc1. The summed E-state index contributed by atoms with van der Waals surface area (Å²) in [5.41, 5.74) is 3.60. The third-order valence-corrected chi connectivity index (χ3v) is 6.17. The van der Waals surface area contributed by atoms with Crippen molar-refractivity contribution in [3.05, 3.63) is 59.8 Å². The molecule has 0 aliphatic carbocycles. The van der Waals surface area contributed by atoms with Crippen LogP contribution in [0.3, 0.4) is 0 Å². The lowest BCUT2D eigenvalue weighted by Crippen LogP contribution is -2.45. The minimum Gasteiger partial charge on any atom is -0.396 e. The average Bonchev–Trinajstić information content (AvgIpc) is 2.83. The van der Waals surface area contributed by atoms with E-state index in [-0.39, 0.29) is 6.61 Å². The Morgan fingerprint density at radius 1 is 1.04 bits per heavy atom. The fourth-order valence-electron chi connectivity index (χ4n) is 3.39. The number of aliphatic hydroxyl groups is 1. The highest BCUT2D eigenvalue weighted by atomic mass is 28.3. The first kappa shape index (κ1) is 16.0. The number of aliphatic hydroxyl groups excluding tert-OH is 1. The molecule has 1 aromatic carbocycles. The van der Waals surface area contributed by atoms with E-state index in [1.807, 2.05) is 18.3 Å². The fourth-order valence-corrected chi connectivity index (χ4v) is 5.55. The highest BCUT2D eigenvalue weighted by Gasteiger charge is 2.28. The maximum atomic E-state index is 9.55. The molecule has 0 fully saturated rings. The summed E-state index contributed by atoms with van der Waals surface area (Å²) >= 11 is 0. The second kappa shape index (κ2) is 6.30. The van der Waals surface area contributed by atoms with Gasteiger partial charge in [0.2, 0.25) is 0 Å². The number of nitrogens with zero attached hydrogens (tertiary/aromatic N) is 2. The van der Waals surface area contributed by atoms with Crippen molar-refractivity contribution in [3.63, 3.8) is 0 Å². The molecule has 3 nitrogen and oxygen atoms in total. The number of hydrogen-bond acceptors (Lipinski definition) is 2. The molecule has 3 rings (SSSR count). The second-order valence-electron chi connectivity index (χ2n) is 7.00. The average molecular weight is 325 g/mol. The number of fused-ring (bicyclic) bond motifs is 1. The van der Waals surface area contributed by atoms with E-state index in [1.54, 1.807) is 0 Å².